The molecule has 0 saturated heterocycles. The van der Waals surface area contributed by atoms with E-state index in [2.05, 4.69) is 9.55 Å². The van der Waals surface area contributed by atoms with Crippen LogP contribution in [0.15, 0.2) is 53.5 Å². The molecule has 0 radical (unpaired) electrons. The molecule has 29 heavy (non-hydrogen) atoms. The van der Waals surface area contributed by atoms with Crippen LogP contribution >= 0.6 is 0 Å². The molecule has 0 unspecified atom stereocenters. The molecule has 146 valence electrons. The van der Waals surface area contributed by atoms with E-state index in [9.17, 15) is 14.7 Å². The molecule has 1 aliphatic carbocycles. The van der Waals surface area contributed by atoms with E-state index in [1.807, 2.05) is 24.3 Å². The molecular weight excluding hydrogens is 366 g/mol. The smallest absolute Gasteiger partial charge is 0.335 e. The predicted octanol–water partition coefficient (Wildman–Crippen LogP) is 4.75. The fourth-order valence-electron chi connectivity index (χ4n) is 4.45. The van der Waals surface area contributed by atoms with E-state index in [1.54, 1.807) is 18.3 Å². The fraction of sp³-hybridized carbons (Fsp3) is 0.261. The van der Waals surface area contributed by atoms with Gasteiger partial charge in [0.1, 0.15) is 5.82 Å². The van der Waals surface area contributed by atoms with Crippen LogP contribution in [0.1, 0.15) is 48.5 Å². The average Bonchev–Trinajstić information content (AvgIpc) is 3.13. The summed E-state index contributed by atoms with van der Waals surface area (Å²) in [4.78, 5) is 31.7. The Kier molecular flexibility index (Phi) is 4.19. The Balaban J connectivity index is 1.76. The zero-order chi connectivity index (χ0) is 20.0. The molecule has 6 heteroatoms. The van der Waals surface area contributed by atoms with Crippen molar-refractivity contribution in [3.8, 4) is 11.4 Å². The monoisotopic (exact) mass is 387 g/mol. The number of fused-ring (bicyclic) bond motifs is 2. The van der Waals surface area contributed by atoms with E-state index in [0.29, 0.717) is 16.9 Å². The first-order chi connectivity index (χ1) is 14.1. The molecule has 0 spiro atoms. The maximum atomic E-state index is 12.3. The number of carboxylic acids is 1. The van der Waals surface area contributed by atoms with Crippen molar-refractivity contribution in [1.82, 2.24) is 14.5 Å². The Labute approximate surface area is 166 Å². The van der Waals surface area contributed by atoms with Crippen molar-refractivity contribution >= 4 is 27.9 Å². The van der Waals surface area contributed by atoms with Gasteiger partial charge in [0.05, 0.1) is 16.6 Å². The number of hydrogen-bond donors (Lipinski definition) is 2. The highest BCUT2D eigenvalue weighted by molar-refractivity contribution is 5.93. The predicted molar refractivity (Wildman–Crippen MR) is 112 cm³/mol. The van der Waals surface area contributed by atoms with Crippen molar-refractivity contribution in [2.24, 2.45) is 0 Å². The minimum Gasteiger partial charge on any atom is -0.478 e. The van der Waals surface area contributed by atoms with Crippen molar-refractivity contribution in [2.75, 3.05) is 0 Å². The molecule has 2 heterocycles. The summed E-state index contributed by atoms with van der Waals surface area (Å²) in [5.74, 6) is -0.169. The van der Waals surface area contributed by atoms with Gasteiger partial charge in [0, 0.05) is 34.8 Å². The number of benzene rings is 2. The second-order valence-electron chi connectivity index (χ2n) is 7.71. The lowest BCUT2D eigenvalue weighted by molar-refractivity contribution is 0.0697. The Morgan fingerprint density at radius 2 is 1.90 bits per heavy atom. The third-order valence-electron chi connectivity index (χ3n) is 5.89. The Hall–Kier alpha value is -3.41. The number of aromatic amines is 1. The van der Waals surface area contributed by atoms with Crippen molar-refractivity contribution in [3.63, 3.8) is 0 Å². The average molecular weight is 387 g/mol. The molecule has 0 atom stereocenters. The van der Waals surface area contributed by atoms with Crippen LogP contribution in [-0.2, 0) is 0 Å². The van der Waals surface area contributed by atoms with Crippen LogP contribution in [0, 0.1) is 0 Å². The van der Waals surface area contributed by atoms with Crippen molar-refractivity contribution < 1.29 is 9.90 Å². The second kappa shape index (κ2) is 6.88. The Bertz CT molecular complexity index is 1300. The number of H-pyrrole nitrogens is 1. The first-order valence-electron chi connectivity index (χ1n) is 9.99. The summed E-state index contributed by atoms with van der Waals surface area (Å²) in [5.41, 5.74) is 3.47. The first kappa shape index (κ1) is 17.7. The van der Waals surface area contributed by atoms with Gasteiger partial charge in [0.15, 0.2) is 5.43 Å². The van der Waals surface area contributed by atoms with Crippen molar-refractivity contribution in [1.29, 1.82) is 0 Å². The van der Waals surface area contributed by atoms with E-state index < -0.39 is 5.97 Å². The SMILES string of the molecule is O=C(O)c1ccc2c(c1)nc(-c1ccc3[nH]ccc(=O)c3c1)n2C1CCCCC1. The number of nitrogens with one attached hydrogen (secondary N) is 1. The molecule has 5 rings (SSSR count). The molecule has 6 nitrogen and oxygen atoms in total. The molecular formula is C23H21N3O3. The van der Waals surface area contributed by atoms with E-state index >= 15 is 0 Å². The van der Waals surface area contributed by atoms with Crippen LogP contribution in [0.4, 0.5) is 0 Å². The molecule has 2 aromatic carbocycles. The number of aromatic nitrogens is 3. The molecule has 1 saturated carbocycles. The van der Waals surface area contributed by atoms with Gasteiger partial charge in [-0.15, -0.1) is 0 Å². The lowest BCUT2D eigenvalue weighted by Gasteiger charge is -2.25. The fourth-order valence-corrected chi connectivity index (χ4v) is 4.45. The quantitative estimate of drug-likeness (QED) is 0.531. The summed E-state index contributed by atoms with van der Waals surface area (Å²) in [7, 11) is 0. The summed E-state index contributed by atoms with van der Waals surface area (Å²) in [6, 6.07) is 12.7. The molecule has 4 aromatic rings. The molecule has 0 amide bonds. The van der Waals surface area contributed by atoms with Gasteiger partial charge in [-0.05, 0) is 49.2 Å². The van der Waals surface area contributed by atoms with Crippen LogP contribution in [-0.4, -0.2) is 25.6 Å². The minimum absolute atomic E-state index is 0.0332. The highest BCUT2D eigenvalue weighted by Gasteiger charge is 2.23. The van der Waals surface area contributed by atoms with Gasteiger partial charge in [0.2, 0.25) is 0 Å². The van der Waals surface area contributed by atoms with E-state index in [0.717, 1.165) is 35.3 Å². The van der Waals surface area contributed by atoms with E-state index in [1.165, 1.54) is 25.3 Å². The van der Waals surface area contributed by atoms with Crippen molar-refractivity contribution in [3.05, 3.63) is 64.4 Å². The molecule has 2 N–H and O–H groups in total. The Morgan fingerprint density at radius 1 is 1.07 bits per heavy atom. The lowest BCUT2D eigenvalue weighted by atomic mass is 9.94. The van der Waals surface area contributed by atoms with Crippen LogP contribution in [0.3, 0.4) is 0 Å². The summed E-state index contributed by atoms with van der Waals surface area (Å²) in [5, 5.41) is 9.99. The standard InChI is InChI=1S/C23H21N3O3/c27-21-10-11-24-18-8-6-14(12-17(18)21)22-25-19-13-15(23(28)29)7-9-20(19)26(22)16-4-2-1-3-5-16/h6-13,16H,1-5H2,(H,24,27)(H,28,29). The number of carbonyl (C=O) groups is 1. The maximum absolute atomic E-state index is 12.3. The van der Waals surface area contributed by atoms with Crippen LogP contribution < -0.4 is 5.43 Å². The van der Waals surface area contributed by atoms with Crippen LogP contribution in [0.2, 0.25) is 0 Å². The molecule has 0 aliphatic heterocycles. The second-order valence-corrected chi connectivity index (χ2v) is 7.71. The van der Waals surface area contributed by atoms with Gasteiger partial charge in [-0.3, -0.25) is 4.79 Å². The largest absolute Gasteiger partial charge is 0.478 e. The summed E-state index contributed by atoms with van der Waals surface area (Å²) < 4.78 is 2.25. The zero-order valence-electron chi connectivity index (χ0n) is 15.9. The number of rotatable bonds is 3. The van der Waals surface area contributed by atoms with Crippen LogP contribution in [0.5, 0.6) is 0 Å². The zero-order valence-corrected chi connectivity index (χ0v) is 15.9. The summed E-state index contributed by atoms with van der Waals surface area (Å²) in [6.45, 7) is 0. The number of aromatic carboxylic acids is 1. The topological polar surface area (TPSA) is 88.0 Å². The van der Waals surface area contributed by atoms with Gasteiger partial charge in [-0.25, -0.2) is 9.78 Å². The number of nitrogens with zero attached hydrogens (tertiary/aromatic N) is 2. The van der Waals surface area contributed by atoms with E-state index in [-0.39, 0.29) is 11.0 Å². The summed E-state index contributed by atoms with van der Waals surface area (Å²) >= 11 is 0. The number of carboxylic acid groups (broad SMARTS) is 1. The third kappa shape index (κ3) is 3.01. The molecule has 0 bridgehead atoms. The van der Waals surface area contributed by atoms with Crippen LogP contribution in [0.25, 0.3) is 33.3 Å². The lowest BCUT2D eigenvalue weighted by Crippen LogP contribution is -2.14. The van der Waals surface area contributed by atoms with Gasteiger partial charge in [-0.2, -0.15) is 0 Å². The third-order valence-corrected chi connectivity index (χ3v) is 5.89. The molecule has 2 aromatic heterocycles. The molecule has 1 fully saturated rings. The van der Waals surface area contributed by atoms with Gasteiger partial charge >= 0.3 is 5.97 Å². The molecule has 1 aliphatic rings. The highest BCUT2D eigenvalue weighted by Crippen LogP contribution is 2.36. The summed E-state index contributed by atoms with van der Waals surface area (Å²) in [6.07, 6.45) is 7.39. The van der Waals surface area contributed by atoms with Gasteiger partial charge in [0.25, 0.3) is 0 Å². The van der Waals surface area contributed by atoms with Crippen molar-refractivity contribution in [2.45, 2.75) is 38.1 Å². The van der Waals surface area contributed by atoms with E-state index in [4.69, 9.17) is 4.98 Å². The maximum Gasteiger partial charge on any atom is 0.335 e. The van der Waals surface area contributed by atoms with Gasteiger partial charge in [-0.1, -0.05) is 19.3 Å². The normalized spacial score (nSPS) is 15.2. The highest BCUT2D eigenvalue weighted by atomic mass is 16.4. The first-order valence-corrected chi connectivity index (χ1v) is 9.99. The Morgan fingerprint density at radius 3 is 2.69 bits per heavy atom. The minimum atomic E-state index is -0.960. The number of pyridine rings is 1. The number of imidazole rings is 1. The van der Waals surface area contributed by atoms with Gasteiger partial charge < -0.3 is 14.7 Å². The number of hydrogen-bond acceptors (Lipinski definition) is 3.